The van der Waals surface area contributed by atoms with Crippen LogP contribution >= 0.6 is 11.3 Å². The Kier molecular flexibility index (Phi) is 3.90. The highest BCUT2D eigenvalue weighted by Gasteiger charge is 2.06. The van der Waals surface area contributed by atoms with E-state index in [1.54, 1.807) is 11.3 Å². The quantitative estimate of drug-likeness (QED) is 0.870. The van der Waals surface area contributed by atoms with Crippen molar-refractivity contribution in [1.82, 2.24) is 0 Å². The van der Waals surface area contributed by atoms with Gasteiger partial charge in [-0.05, 0) is 23.1 Å². The normalized spacial score (nSPS) is 10.2. The Morgan fingerprint density at radius 3 is 2.76 bits per heavy atom. The van der Waals surface area contributed by atoms with Crippen molar-refractivity contribution < 1.29 is 4.79 Å². The van der Waals surface area contributed by atoms with Gasteiger partial charge >= 0.3 is 0 Å². The van der Waals surface area contributed by atoms with Crippen molar-refractivity contribution >= 4 is 22.9 Å². The van der Waals surface area contributed by atoms with Gasteiger partial charge in [0.25, 0.3) is 0 Å². The van der Waals surface area contributed by atoms with E-state index in [1.807, 2.05) is 41.8 Å². The average molecular weight is 246 g/mol. The lowest BCUT2D eigenvalue weighted by atomic mass is 10.1. The van der Waals surface area contributed by atoms with Crippen LogP contribution in [0, 0.1) is 0 Å². The van der Waals surface area contributed by atoms with Crippen molar-refractivity contribution in [3.8, 4) is 0 Å². The van der Waals surface area contributed by atoms with Crippen LogP contribution in [0.25, 0.3) is 0 Å². The molecular formula is C13H14N2OS. The van der Waals surface area contributed by atoms with E-state index in [1.165, 1.54) is 0 Å². The largest absolute Gasteiger partial charge is 0.326 e. The molecule has 88 valence electrons. The molecule has 3 nitrogen and oxygen atoms in total. The summed E-state index contributed by atoms with van der Waals surface area (Å²) in [5.74, 6) is -0.00616. The van der Waals surface area contributed by atoms with Crippen LogP contribution in [-0.2, 0) is 17.8 Å². The van der Waals surface area contributed by atoms with Gasteiger partial charge in [-0.2, -0.15) is 0 Å². The second-order valence-corrected chi connectivity index (χ2v) is 4.70. The van der Waals surface area contributed by atoms with E-state index in [4.69, 9.17) is 5.73 Å². The van der Waals surface area contributed by atoms with Crippen molar-refractivity contribution in [2.45, 2.75) is 13.0 Å². The van der Waals surface area contributed by atoms with Gasteiger partial charge in [0, 0.05) is 17.1 Å². The van der Waals surface area contributed by atoms with Crippen LogP contribution in [0.4, 0.5) is 5.69 Å². The maximum absolute atomic E-state index is 11.8. The van der Waals surface area contributed by atoms with E-state index in [-0.39, 0.29) is 5.91 Å². The van der Waals surface area contributed by atoms with Crippen molar-refractivity contribution in [3.05, 3.63) is 52.2 Å². The molecular weight excluding hydrogens is 232 g/mol. The number of hydrogen-bond donors (Lipinski definition) is 2. The number of rotatable bonds is 4. The topological polar surface area (TPSA) is 55.1 Å². The SMILES string of the molecule is NCc1ccccc1NC(=O)Cc1cccs1. The number of carbonyl (C=O) groups excluding carboxylic acids is 1. The van der Waals surface area contributed by atoms with E-state index in [9.17, 15) is 4.79 Å². The summed E-state index contributed by atoms with van der Waals surface area (Å²) in [4.78, 5) is 12.9. The third-order valence-electron chi connectivity index (χ3n) is 2.43. The first-order valence-electron chi connectivity index (χ1n) is 5.40. The average Bonchev–Trinajstić information content (AvgIpc) is 2.82. The molecule has 1 aromatic carbocycles. The molecule has 0 unspecified atom stereocenters. The Balaban J connectivity index is 2.03. The van der Waals surface area contributed by atoms with Crippen LogP contribution < -0.4 is 11.1 Å². The maximum atomic E-state index is 11.8. The molecule has 0 saturated carbocycles. The number of benzene rings is 1. The molecule has 0 bridgehead atoms. The van der Waals surface area contributed by atoms with Crippen molar-refractivity contribution in [3.63, 3.8) is 0 Å². The summed E-state index contributed by atoms with van der Waals surface area (Å²) >= 11 is 1.59. The summed E-state index contributed by atoms with van der Waals surface area (Å²) in [6.07, 6.45) is 0.413. The van der Waals surface area contributed by atoms with Gasteiger partial charge in [0.05, 0.1) is 6.42 Å². The molecule has 2 rings (SSSR count). The predicted octanol–water partition coefficient (Wildman–Crippen LogP) is 2.39. The summed E-state index contributed by atoms with van der Waals surface area (Å²) < 4.78 is 0. The Hall–Kier alpha value is -1.65. The van der Waals surface area contributed by atoms with Crippen LogP contribution in [0.15, 0.2) is 41.8 Å². The van der Waals surface area contributed by atoms with Crippen molar-refractivity contribution in [1.29, 1.82) is 0 Å². The van der Waals surface area contributed by atoms with Gasteiger partial charge in [-0.25, -0.2) is 0 Å². The zero-order chi connectivity index (χ0) is 12.1. The van der Waals surface area contributed by atoms with Gasteiger partial charge in [0.1, 0.15) is 0 Å². The zero-order valence-electron chi connectivity index (χ0n) is 9.35. The molecule has 0 aliphatic carbocycles. The molecule has 0 spiro atoms. The first-order chi connectivity index (χ1) is 8.29. The first-order valence-corrected chi connectivity index (χ1v) is 6.28. The van der Waals surface area contributed by atoms with Crippen LogP contribution in [0.5, 0.6) is 0 Å². The summed E-state index contributed by atoms with van der Waals surface area (Å²) in [5, 5.41) is 4.86. The molecule has 1 amide bonds. The van der Waals surface area contributed by atoms with Crippen LogP contribution in [0.2, 0.25) is 0 Å². The predicted molar refractivity (Wildman–Crippen MR) is 71.0 cm³/mol. The molecule has 1 heterocycles. The molecule has 0 radical (unpaired) electrons. The number of hydrogen-bond acceptors (Lipinski definition) is 3. The Bertz CT molecular complexity index is 494. The minimum Gasteiger partial charge on any atom is -0.326 e. The second kappa shape index (κ2) is 5.61. The molecule has 0 atom stereocenters. The molecule has 0 fully saturated rings. The number of anilines is 1. The van der Waals surface area contributed by atoms with Crippen LogP contribution in [-0.4, -0.2) is 5.91 Å². The Morgan fingerprint density at radius 1 is 1.24 bits per heavy atom. The third kappa shape index (κ3) is 3.15. The van der Waals surface area contributed by atoms with Gasteiger partial charge < -0.3 is 11.1 Å². The molecule has 1 aromatic heterocycles. The van der Waals surface area contributed by atoms with Crippen molar-refractivity contribution in [2.75, 3.05) is 5.32 Å². The van der Waals surface area contributed by atoms with Gasteiger partial charge in [-0.15, -0.1) is 11.3 Å². The van der Waals surface area contributed by atoms with E-state index < -0.39 is 0 Å². The Labute approximate surface area is 104 Å². The van der Waals surface area contributed by atoms with Gasteiger partial charge in [-0.3, -0.25) is 4.79 Å². The molecule has 2 aromatic rings. The Morgan fingerprint density at radius 2 is 2.06 bits per heavy atom. The molecule has 0 aliphatic heterocycles. The van der Waals surface area contributed by atoms with Crippen molar-refractivity contribution in [2.24, 2.45) is 5.73 Å². The van der Waals surface area contributed by atoms with E-state index in [0.29, 0.717) is 13.0 Å². The lowest BCUT2D eigenvalue weighted by Gasteiger charge is -2.08. The van der Waals surface area contributed by atoms with Crippen LogP contribution in [0.3, 0.4) is 0 Å². The van der Waals surface area contributed by atoms with E-state index >= 15 is 0 Å². The fourth-order valence-corrected chi connectivity index (χ4v) is 2.29. The van der Waals surface area contributed by atoms with Gasteiger partial charge in [-0.1, -0.05) is 24.3 Å². The summed E-state index contributed by atoms with van der Waals surface area (Å²) in [6.45, 7) is 0.426. The van der Waals surface area contributed by atoms with Crippen LogP contribution in [0.1, 0.15) is 10.4 Å². The lowest BCUT2D eigenvalue weighted by Crippen LogP contribution is -2.15. The summed E-state index contributed by atoms with van der Waals surface area (Å²) in [5.41, 5.74) is 7.37. The molecule has 3 N–H and O–H groups in total. The highest BCUT2D eigenvalue weighted by Crippen LogP contribution is 2.15. The minimum absolute atomic E-state index is 0.00616. The number of nitrogens with two attached hydrogens (primary N) is 1. The number of thiophene rings is 1. The molecule has 0 aliphatic rings. The lowest BCUT2D eigenvalue weighted by molar-refractivity contribution is -0.115. The highest BCUT2D eigenvalue weighted by molar-refractivity contribution is 7.10. The van der Waals surface area contributed by atoms with E-state index in [0.717, 1.165) is 16.1 Å². The highest BCUT2D eigenvalue weighted by atomic mass is 32.1. The number of para-hydroxylation sites is 1. The number of amides is 1. The third-order valence-corrected chi connectivity index (χ3v) is 3.30. The standard InChI is InChI=1S/C13H14N2OS/c14-9-10-4-1-2-6-12(10)15-13(16)8-11-5-3-7-17-11/h1-7H,8-9,14H2,(H,15,16). The fourth-order valence-electron chi connectivity index (χ4n) is 1.59. The number of nitrogens with one attached hydrogen (secondary N) is 1. The second-order valence-electron chi connectivity index (χ2n) is 3.67. The molecule has 17 heavy (non-hydrogen) atoms. The van der Waals surface area contributed by atoms with Gasteiger partial charge in [0.15, 0.2) is 0 Å². The minimum atomic E-state index is -0.00616. The monoisotopic (exact) mass is 246 g/mol. The smallest absolute Gasteiger partial charge is 0.229 e. The fraction of sp³-hybridized carbons (Fsp3) is 0.154. The van der Waals surface area contributed by atoms with E-state index in [2.05, 4.69) is 5.32 Å². The maximum Gasteiger partial charge on any atom is 0.229 e. The summed E-state index contributed by atoms with van der Waals surface area (Å²) in [6, 6.07) is 11.5. The summed E-state index contributed by atoms with van der Waals surface area (Å²) in [7, 11) is 0. The first kappa shape index (κ1) is 11.8. The molecule has 4 heteroatoms. The zero-order valence-corrected chi connectivity index (χ0v) is 10.2. The molecule has 0 saturated heterocycles. The van der Waals surface area contributed by atoms with Gasteiger partial charge in [0.2, 0.25) is 5.91 Å². The number of carbonyl (C=O) groups is 1.